The van der Waals surface area contributed by atoms with Crippen molar-refractivity contribution in [2.45, 2.75) is 32.0 Å². The number of aliphatic hydroxyl groups excluding tert-OH is 1. The number of benzene rings is 2. The molecule has 0 radical (unpaired) electrons. The highest BCUT2D eigenvalue weighted by atomic mass is 19.1. The van der Waals surface area contributed by atoms with Crippen molar-refractivity contribution in [3.63, 3.8) is 0 Å². The van der Waals surface area contributed by atoms with Gasteiger partial charge in [-0.2, -0.15) is 0 Å². The van der Waals surface area contributed by atoms with Crippen molar-refractivity contribution >= 4 is 5.97 Å². The second-order valence-electron chi connectivity index (χ2n) is 5.70. The minimum Gasteiger partial charge on any atom is -0.464 e. The molecule has 0 aliphatic rings. The van der Waals surface area contributed by atoms with E-state index in [9.17, 15) is 14.3 Å². The summed E-state index contributed by atoms with van der Waals surface area (Å²) in [7, 11) is 0. The van der Waals surface area contributed by atoms with Crippen LogP contribution in [0.3, 0.4) is 0 Å². The molecular formula is C19H22FNO3. The van der Waals surface area contributed by atoms with Gasteiger partial charge in [-0.3, -0.25) is 4.79 Å². The van der Waals surface area contributed by atoms with Crippen LogP contribution in [0.5, 0.6) is 0 Å². The lowest BCUT2D eigenvalue weighted by Gasteiger charge is -2.27. The number of hydrogen-bond donors (Lipinski definition) is 2. The Morgan fingerprint density at radius 2 is 1.75 bits per heavy atom. The number of aliphatic hydroxyl groups is 1. The van der Waals surface area contributed by atoms with E-state index in [2.05, 4.69) is 5.32 Å². The first-order valence-electron chi connectivity index (χ1n) is 7.85. The summed E-state index contributed by atoms with van der Waals surface area (Å²) in [6.45, 7) is 3.31. The van der Waals surface area contributed by atoms with Gasteiger partial charge in [0.05, 0.1) is 12.1 Å². The Hall–Kier alpha value is -2.24. The first-order valence-corrected chi connectivity index (χ1v) is 7.85. The molecule has 0 fully saturated rings. The van der Waals surface area contributed by atoms with Crippen molar-refractivity contribution in [3.8, 4) is 0 Å². The Morgan fingerprint density at radius 3 is 2.33 bits per heavy atom. The zero-order valence-corrected chi connectivity index (χ0v) is 13.8. The number of nitrogens with one attached hydrogen (secondary N) is 1. The van der Waals surface area contributed by atoms with Crippen molar-refractivity contribution in [1.82, 2.24) is 5.32 Å². The van der Waals surface area contributed by atoms with E-state index in [-0.39, 0.29) is 18.5 Å². The third-order valence-corrected chi connectivity index (χ3v) is 3.82. The molecule has 2 aromatic rings. The topological polar surface area (TPSA) is 58.6 Å². The summed E-state index contributed by atoms with van der Waals surface area (Å²) in [6, 6.07) is 14.8. The van der Waals surface area contributed by atoms with Gasteiger partial charge in [-0.25, -0.2) is 4.39 Å². The highest BCUT2D eigenvalue weighted by molar-refractivity contribution is 5.65. The molecule has 0 bridgehead atoms. The van der Waals surface area contributed by atoms with E-state index in [1.807, 2.05) is 37.3 Å². The fourth-order valence-electron chi connectivity index (χ4n) is 2.49. The third-order valence-electron chi connectivity index (χ3n) is 3.82. The first-order chi connectivity index (χ1) is 11.5. The van der Waals surface area contributed by atoms with Crippen LogP contribution in [0.25, 0.3) is 0 Å². The van der Waals surface area contributed by atoms with Gasteiger partial charge in [0.15, 0.2) is 0 Å². The standard InChI is InChI=1S/C19H22FNO3/c1-13(15-6-4-3-5-7-15)21-18(12-24-14(2)22)19(23)16-8-10-17(20)11-9-16/h3-11,13,18-19,21,23H,12H2,1-2H3/t13-,18-,19-/m0/s1. The highest BCUT2D eigenvalue weighted by Gasteiger charge is 2.24. The van der Waals surface area contributed by atoms with Crippen LogP contribution in [-0.2, 0) is 9.53 Å². The largest absolute Gasteiger partial charge is 0.464 e. The van der Waals surface area contributed by atoms with E-state index >= 15 is 0 Å². The highest BCUT2D eigenvalue weighted by Crippen LogP contribution is 2.21. The van der Waals surface area contributed by atoms with E-state index in [1.54, 1.807) is 0 Å². The van der Waals surface area contributed by atoms with Crippen molar-refractivity contribution in [3.05, 3.63) is 71.5 Å². The predicted molar refractivity (Wildman–Crippen MR) is 89.8 cm³/mol. The van der Waals surface area contributed by atoms with Gasteiger partial charge in [0.25, 0.3) is 0 Å². The number of carbonyl (C=O) groups excluding carboxylic acids is 1. The molecule has 24 heavy (non-hydrogen) atoms. The minimum atomic E-state index is -0.934. The molecule has 0 aromatic heterocycles. The van der Waals surface area contributed by atoms with Crippen LogP contribution in [-0.4, -0.2) is 23.7 Å². The van der Waals surface area contributed by atoms with Gasteiger partial charge in [0.1, 0.15) is 12.4 Å². The van der Waals surface area contributed by atoms with Crippen LogP contribution in [0.4, 0.5) is 4.39 Å². The Balaban J connectivity index is 2.14. The maximum absolute atomic E-state index is 13.1. The molecule has 3 atom stereocenters. The normalized spacial score (nSPS) is 14.7. The molecule has 0 saturated heterocycles. The molecule has 0 spiro atoms. The maximum atomic E-state index is 13.1. The summed E-state index contributed by atoms with van der Waals surface area (Å²) in [5.41, 5.74) is 1.61. The molecule has 2 rings (SSSR count). The lowest BCUT2D eigenvalue weighted by Crippen LogP contribution is -2.40. The molecule has 0 heterocycles. The van der Waals surface area contributed by atoms with Gasteiger partial charge < -0.3 is 15.2 Å². The van der Waals surface area contributed by atoms with Crippen LogP contribution in [0.15, 0.2) is 54.6 Å². The van der Waals surface area contributed by atoms with Gasteiger partial charge >= 0.3 is 5.97 Å². The number of rotatable bonds is 7. The minimum absolute atomic E-state index is 0.0189. The van der Waals surface area contributed by atoms with Gasteiger partial charge in [0.2, 0.25) is 0 Å². The van der Waals surface area contributed by atoms with Crippen LogP contribution < -0.4 is 5.32 Å². The average Bonchev–Trinajstić information content (AvgIpc) is 2.59. The van der Waals surface area contributed by atoms with E-state index in [0.717, 1.165) is 5.56 Å². The number of hydrogen-bond acceptors (Lipinski definition) is 4. The zero-order chi connectivity index (χ0) is 17.5. The molecule has 2 N–H and O–H groups in total. The number of carbonyl (C=O) groups is 1. The van der Waals surface area contributed by atoms with E-state index in [4.69, 9.17) is 4.74 Å². The first kappa shape index (κ1) is 18.1. The second kappa shape index (κ2) is 8.57. The summed E-state index contributed by atoms with van der Waals surface area (Å²) in [4.78, 5) is 11.1. The van der Waals surface area contributed by atoms with E-state index in [1.165, 1.54) is 31.2 Å². The summed E-state index contributed by atoms with van der Waals surface area (Å²) in [6.07, 6.45) is -0.934. The summed E-state index contributed by atoms with van der Waals surface area (Å²) >= 11 is 0. The molecule has 0 saturated carbocycles. The van der Waals surface area contributed by atoms with Crippen LogP contribution in [0.1, 0.15) is 37.1 Å². The van der Waals surface area contributed by atoms with Crippen molar-refractivity contribution in [1.29, 1.82) is 0 Å². The summed E-state index contributed by atoms with van der Waals surface area (Å²) < 4.78 is 18.1. The van der Waals surface area contributed by atoms with Crippen molar-refractivity contribution in [2.75, 3.05) is 6.61 Å². The average molecular weight is 331 g/mol. The number of halogens is 1. The Morgan fingerprint density at radius 1 is 1.12 bits per heavy atom. The van der Waals surface area contributed by atoms with Crippen LogP contribution in [0, 0.1) is 5.82 Å². The smallest absolute Gasteiger partial charge is 0.302 e. The molecule has 0 aliphatic carbocycles. The molecule has 128 valence electrons. The number of esters is 1. The quantitative estimate of drug-likeness (QED) is 0.765. The SMILES string of the molecule is CC(=O)OC[C@H](N[C@@H](C)c1ccccc1)[C@@H](O)c1ccc(F)cc1. The fourth-order valence-corrected chi connectivity index (χ4v) is 2.49. The van der Waals surface area contributed by atoms with Gasteiger partial charge in [-0.15, -0.1) is 0 Å². The van der Waals surface area contributed by atoms with Gasteiger partial charge in [0, 0.05) is 13.0 Å². The van der Waals surface area contributed by atoms with Crippen molar-refractivity contribution < 1.29 is 19.0 Å². The Bertz CT molecular complexity index is 645. The van der Waals surface area contributed by atoms with Gasteiger partial charge in [-0.1, -0.05) is 42.5 Å². The second-order valence-corrected chi connectivity index (χ2v) is 5.70. The lowest BCUT2D eigenvalue weighted by atomic mass is 10.0. The molecule has 5 heteroatoms. The van der Waals surface area contributed by atoms with Crippen LogP contribution >= 0.6 is 0 Å². The summed E-state index contributed by atoms with van der Waals surface area (Å²) in [5, 5.41) is 13.9. The third kappa shape index (κ3) is 5.15. The van der Waals surface area contributed by atoms with E-state index in [0.29, 0.717) is 5.56 Å². The molecule has 0 aliphatic heterocycles. The maximum Gasteiger partial charge on any atom is 0.302 e. The summed E-state index contributed by atoms with van der Waals surface area (Å²) in [5.74, 6) is -0.784. The lowest BCUT2D eigenvalue weighted by molar-refractivity contribution is -0.142. The number of ether oxygens (including phenoxy) is 1. The van der Waals surface area contributed by atoms with Crippen molar-refractivity contribution in [2.24, 2.45) is 0 Å². The molecule has 0 unspecified atom stereocenters. The Kier molecular flexibility index (Phi) is 6.46. The monoisotopic (exact) mass is 331 g/mol. The predicted octanol–water partition coefficient (Wildman–Crippen LogP) is 3.14. The fraction of sp³-hybridized carbons (Fsp3) is 0.316. The van der Waals surface area contributed by atoms with E-state index < -0.39 is 18.1 Å². The van der Waals surface area contributed by atoms with Crippen LogP contribution in [0.2, 0.25) is 0 Å². The molecule has 2 aromatic carbocycles. The molecular weight excluding hydrogens is 309 g/mol. The van der Waals surface area contributed by atoms with Gasteiger partial charge in [-0.05, 0) is 30.2 Å². The molecule has 4 nitrogen and oxygen atoms in total. The molecule has 0 amide bonds. The zero-order valence-electron chi connectivity index (χ0n) is 13.8. The Labute approximate surface area is 141 Å².